The molecule has 0 spiro atoms. The average molecular weight is 453 g/mol. The highest BCUT2D eigenvalue weighted by Gasteiger charge is 2.29. The Bertz CT molecular complexity index is 1060. The molecule has 2 aromatic heterocycles. The van der Waals surface area contributed by atoms with Crippen LogP contribution in [0.25, 0.3) is 10.7 Å². The molecular weight excluding hydrogens is 424 g/mol. The normalized spacial score (nSPS) is 19.5. The Labute approximate surface area is 191 Å². The molecule has 1 aliphatic heterocycles. The lowest BCUT2D eigenvalue weighted by molar-refractivity contribution is -0.127. The molecule has 1 aromatic carbocycles. The molecule has 0 radical (unpaired) electrons. The monoisotopic (exact) mass is 452 g/mol. The average Bonchev–Trinajstić information content (AvgIpc) is 3.51. The Morgan fingerprint density at radius 1 is 1.28 bits per heavy atom. The molecule has 2 aliphatic rings. The minimum Gasteiger partial charge on any atom is -0.497 e. The van der Waals surface area contributed by atoms with E-state index in [0.29, 0.717) is 18.3 Å². The van der Waals surface area contributed by atoms with Crippen LogP contribution in [0.3, 0.4) is 0 Å². The highest BCUT2D eigenvalue weighted by atomic mass is 32.1. The van der Waals surface area contributed by atoms with Gasteiger partial charge in [-0.15, -0.1) is 11.3 Å². The molecule has 5 rings (SSSR count). The van der Waals surface area contributed by atoms with E-state index in [2.05, 4.69) is 32.5 Å². The third-order valence-corrected chi connectivity index (χ3v) is 7.37. The summed E-state index contributed by atoms with van der Waals surface area (Å²) in [6.45, 7) is 2.34. The van der Waals surface area contributed by atoms with Crippen molar-refractivity contribution in [3.63, 3.8) is 0 Å². The predicted octanol–water partition coefficient (Wildman–Crippen LogP) is 4.21. The molecule has 3 heterocycles. The van der Waals surface area contributed by atoms with Gasteiger partial charge in [0.1, 0.15) is 5.75 Å². The number of methoxy groups -OCH3 is 1. The zero-order valence-corrected chi connectivity index (χ0v) is 19.1. The third-order valence-electron chi connectivity index (χ3n) is 6.51. The number of likely N-dealkylation sites (tertiary alicyclic amines) is 1. The number of carbonyl (C=O) groups is 1. The molecule has 32 heavy (non-hydrogen) atoms. The van der Waals surface area contributed by atoms with Crippen molar-refractivity contribution in [2.24, 2.45) is 5.92 Å². The Morgan fingerprint density at radius 3 is 2.94 bits per heavy atom. The Morgan fingerprint density at radius 2 is 2.16 bits per heavy atom. The van der Waals surface area contributed by atoms with Crippen molar-refractivity contribution in [2.45, 2.75) is 44.7 Å². The number of fused-ring (bicyclic) bond motifs is 1. The summed E-state index contributed by atoms with van der Waals surface area (Å²) >= 11 is 1.60. The summed E-state index contributed by atoms with van der Waals surface area (Å²) in [4.78, 5) is 20.8. The van der Waals surface area contributed by atoms with Gasteiger partial charge in [0.2, 0.25) is 17.6 Å². The molecule has 1 aliphatic carbocycles. The molecule has 1 unspecified atom stereocenters. The highest BCUT2D eigenvalue weighted by molar-refractivity contribution is 7.13. The van der Waals surface area contributed by atoms with Crippen LogP contribution in [0.2, 0.25) is 0 Å². The molecule has 3 aromatic rings. The van der Waals surface area contributed by atoms with E-state index in [4.69, 9.17) is 9.26 Å². The maximum absolute atomic E-state index is 13.0. The Hall–Kier alpha value is -2.71. The Balaban J connectivity index is 1.14. The van der Waals surface area contributed by atoms with E-state index in [-0.39, 0.29) is 17.9 Å². The van der Waals surface area contributed by atoms with Crippen molar-refractivity contribution in [2.75, 3.05) is 20.2 Å². The first kappa shape index (κ1) is 21.2. The number of hydrogen-bond donors (Lipinski definition) is 1. The first-order chi connectivity index (χ1) is 15.7. The van der Waals surface area contributed by atoms with Crippen LogP contribution in [0, 0.1) is 5.92 Å². The van der Waals surface area contributed by atoms with Gasteiger partial charge in [0.25, 0.3) is 0 Å². The summed E-state index contributed by atoms with van der Waals surface area (Å²) in [6, 6.07) is 10.3. The molecule has 168 valence electrons. The number of rotatable bonds is 6. The van der Waals surface area contributed by atoms with Gasteiger partial charge in [-0.3, -0.25) is 9.69 Å². The number of piperidine rings is 1. The van der Waals surface area contributed by atoms with Crippen LogP contribution in [-0.4, -0.2) is 41.1 Å². The van der Waals surface area contributed by atoms with E-state index < -0.39 is 0 Å². The second-order valence-corrected chi connectivity index (χ2v) is 9.51. The van der Waals surface area contributed by atoms with E-state index >= 15 is 0 Å². The number of amides is 1. The van der Waals surface area contributed by atoms with Gasteiger partial charge in [-0.2, -0.15) is 4.98 Å². The largest absolute Gasteiger partial charge is 0.497 e. The quantitative estimate of drug-likeness (QED) is 0.603. The minimum absolute atomic E-state index is 0.0549. The van der Waals surface area contributed by atoms with Crippen LogP contribution in [0.15, 0.2) is 40.2 Å². The highest BCUT2D eigenvalue weighted by Crippen LogP contribution is 2.33. The summed E-state index contributed by atoms with van der Waals surface area (Å²) in [5, 5.41) is 9.42. The van der Waals surface area contributed by atoms with Crippen LogP contribution >= 0.6 is 11.3 Å². The first-order valence-corrected chi connectivity index (χ1v) is 12.1. The zero-order chi connectivity index (χ0) is 21.9. The number of carbonyl (C=O) groups excluding carboxylic acids is 1. The molecule has 1 fully saturated rings. The maximum atomic E-state index is 13.0. The number of aryl methyl sites for hydroxylation is 1. The topological polar surface area (TPSA) is 80.5 Å². The lowest BCUT2D eigenvalue weighted by atomic mass is 9.86. The third kappa shape index (κ3) is 4.56. The van der Waals surface area contributed by atoms with E-state index in [1.54, 1.807) is 18.4 Å². The van der Waals surface area contributed by atoms with Gasteiger partial charge in [0.05, 0.1) is 24.6 Å². The first-order valence-electron chi connectivity index (χ1n) is 11.3. The molecule has 1 atom stereocenters. The molecule has 0 saturated carbocycles. The van der Waals surface area contributed by atoms with Gasteiger partial charge in [0, 0.05) is 5.92 Å². The fourth-order valence-corrected chi connectivity index (χ4v) is 5.38. The zero-order valence-electron chi connectivity index (χ0n) is 18.3. The van der Waals surface area contributed by atoms with E-state index in [9.17, 15) is 4.79 Å². The molecular formula is C24H28N4O3S. The molecule has 1 amide bonds. The van der Waals surface area contributed by atoms with Crippen LogP contribution in [-0.2, 0) is 17.8 Å². The van der Waals surface area contributed by atoms with Crippen LogP contribution in [0.5, 0.6) is 5.75 Å². The number of aromatic nitrogens is 2. The number of thiophene rings is 1. The fraction of sp³-hybridized carbons (Fsp3) is 0.458. The number of hydrogen-bond acceptors (Lipinski definition) is 7. The second kappa shape index (κ2) is 9.42. The standard InChI is InChI=1S/C24H28N4O3S/c1-30-18-7-8-19-17(14-18)4-2-5-20(19)25-24(29)16-9-11-28(12-10-16)15-22-26-23(27-31-22)21-6-3-13-32-21/h3,6-8,13-14,16,20H,2,4-5,9-12,15H2,1H3,(H,25,29). The summed E-state index contributed by atoms with van der Waals surface area (Å²) in [6.07, 6.45) is 4.82. The summed E-state index contributed by atoms with van der Waals surface area (Å²) < 4.78 is 10.8. The van der Waals surface area contributed by atoms with Crippen molar-refractivity contribution < 1.29 is 14.1 Å². The van der Waals surface area contributed by atoms with Crippen molar-refractivity contribution in [3.05, 3.63) is 52.7 Å². The van der Waals surface area contributed by atoms with Crippen LogP contribution in [0.1, 0.15) is 48.7 Å². The van der Waals surface area contributed by atoms with Gasteiger partial charge in [-0.25, -0.2) is 0 Å². The lowest BCUT2D eigenvalue weighted by Crippen LogP contribution is -2.41. The van der Waals surface area contributed by atoms with Crippen molar-refractivity contribution in [3.8, 4) is 16.5 Å². The smallest absolute Gasteiger partial charge is 0.241 e. The molecule has 1 N–H and O–H groups in total. The SMILES string of the molecule is COc1ccc2c(c1)CCCC2NC(=O)C1CCN(Cc2nc(-c3cccs3)no2)CC1. The van der Waals surface area contributed by atoms with Crippen molar-refractivity contribution >= 4 is 17.2 Å². The molecule has 8 heteroatoms. The van der Waals surface area contributed by atoms with Gasteiger partial charge in [-0.05, 0) is 79.9 Å². The summed E-state index contributed by atoms with van der Waals surface area (Å²) in [5.41, 5.74) is 2.53. The predicted molar refractivity (Wildman–Crippen MR) is 122 cm³/mol. The van der Waals surface area contributed by atoms with Crippen molar-refractivity contribution in [1.29, 1.82) is 0 Å². The number of ether oxygens (including phenoxy) is 1. The minimum atomic E-state index is 0.0549. The van der Waals surface area contributed by atoms with E-state index in [1.165, 1.54) is 11.1 Å². The number of nitrogens with one attached hydrogen (secondary N) is 1. The van der Waals surface area contributed by atoms with E-state index in [1.807, 2.05) is 23.6 Å². The molecule has 7 nitrogen and oxygen atoms in total. The molecule has 0 bridgehead atoms. The van der Waals surface area contributed by atoms with Gasteiger partial charge < -0.3 is 14.6 Å². The molecule has 1 saturated heterocycles. The van der Waals surface area contributed by atoms with Gasteiger partial charge in [-0.1, -0.05) is 17.3 Å². The second-order valence-electron chi connectivity index (χ2n) is 8.56. The number of benzene rings is 1. The lowest BCUT2D eigenvalue weighted by Gasteiger charge is -2.32. The van der Waals surface area contributed by atoms with Crippen LogP contribution < -0.4 is 10.1 Å². The van der Waals surface area contributed by atoms with Crippen molar-refractivity contribution in [1.82, 2.24) is 20.4 Å². The van der Waals surface area contributed by atoms with E-state index in [0.717, 1.165) is 55.8 Å². The number of nitrogens with zero attached hydrogens (tertiary/aromatic N) is 3. The summed E-state index contributed by atoms with van der Waals surface area (Å²) in [5.74, 6) is 2.39. The van der Waals surface area contributed by atoms with Gasteiger partial charge in [0.15, 0.2) is 0 Å². The summed E-state index contributed by atoms with van der Waals surface area (Å²) in [7, 11) is 1.69. The maximum Gasteiger partial charge on any atom is 0.241 e. The van der Waals surface area contributed by atoms with Crippen LogP contribution in [0.4, 0.5) is 0 Å². The van der Waals surface area contributed by atoms with Gasteiger partial charge >= 0.3 is 0 Å². The Kier molecular flexibility index (Phi) is 6.23. The fourth-order valence-electron chi connectivity index (χ4n) is 4.73.